The summed E-state index contributed by atoms with van der Waals surface area (Å²) in [4.78, 5) is 52.0. The molecule has 9 nitrogen and oxygen atoms in total. The van der Waals surface area contributed by atoms with Crippen LogP contribution >= 0.6 is 11.3 Å². The van der Waals surface area contributed by atoms with Crippen LogP contribution in [0.25, 0.3) is 5.57 Å². The Morgan fingerprint density at radius 3 is 2.12 bits per heavy atom. The van der Waals surface area contributed by atoms with Gasteiger partial charge in [-0.25, -0.2) is 9.79 Å². The molecular formula is C30H26N6O3S. The maximum Gasteiger partial charge on any atom is 0.324 e. The molecule has 10 heteroatoms. The predicted molar refractivity (Wildman–Crippen MR) is 153 cm³/mol. The van der Waals surface area contributed by atoms with Crippen LogP contribution < -0.4 is 25.2 Å². The van der Waals surface area contributed by atoms with Crippen LogP contribution in [-0.2, 0) is 16.1 Å². The summed E-state index contributed by atoms with van der Waals surface area (Å²) >= 11 is 1.16. The average Bonchev–Trinajstić information content (AvgIpc) is 3.52. The monoisotopic (exact) mass is 550 g/mol. The number of fused-ring (bicyclic) bond motifs is 3. The highest BCUT2D eigenvalue weighted by Crippen LogP contribution is 2.53. The maximum atomic E-state index is 14.2. The summed E-state index contributed by atoms with van der Waals surface area (Å²) < 4.78 is 1.71. The van der Waals surface area contributed by atoms with E-state index in [2.05, 4.69) is 5.43 Å². The van der Waals surface area contributed by atoms with Gasteiger partial charge in [0.2, 0.25) is 16.1 Å². The molecule has 4 aromatic rings. The molecule has 3 aromatic carbocycles. The molecule has 4 heterocycles. The Morgan fingerprint density at radius 2 is 1.45 bits per heavy atom. The van der Waals surface area contributed by atoms with Gasteiger partial charge in [0.1, 0.15) is 4.53 Å². The highest BCUT2D eigenvalue weighted by atomic mass is 32.1. The first-order valence-electron chi connectivity index (χ1n) is 13.0. The minimum Gasteiger partial charge on any atom is -0.308 e. The van der Waals surface area contributed by atoms with Crippen LogP contribution in [-0.4, -0.2) is 47.1 Å². The van der Waals surface area contributed by atoms with E-state index in [-0.39, 0.29) is 17.5 Å². The van der Waals surface area contributed by atoms with Gasteiger partial charge in [0.25, 0.3) is 11.5 Å². The number of benzene rings is 3. The fourth-order valence-electron chi connectivity index (χ4n) is 6.38. The van der Waals surface area contributed by atoms with Crippen LogP contribution in [0.5, 0.6) is 0 Å². The fourth-order valence-corrected chi connectivity index (χ4v) is 7.44. The third-order valence-corrected chi connectivity index (χ3v) is 9.25. The lowest BCUT2D eigenvalue weighted by molar-refractivity contribution is -0.113. The predicted octanol–water partition coefficient (Wildman–Crippen LogP) is 2.36. The SMILES string of the molecule is CCN1C(=O)/C(=c2\sc3n(c2=O)NC2(c4ccccc4)N(C)C(=O)N(C)C2(c2ccccc2)N=3)c2ccccc21. The van der Waals surface area contributed by atoms with Crippen LogP contribution in [0.2, 0.25) is 0 Å². The van der Waals surface area contributed by atoms with Crippen molar-refractivity contribution in [2.45, 2.75) is 18.2 Å². The van der Waals surface area contributed by atoms with E-state index in [1.54, 1.807) is 28.8 Å². The van der Waals surface area contributed by atoms with E-state index in [0.29, 0.717) is 21.5 Å². The topological polar surface area (TPSA) is 90.2 Å². The summed E-state index contributed by atoms with van der Waals surface area (Å²) in [5.41, 5.74) is 3.99. The lowest BCUT2D eigenvalue weighted by Crippen LogP contribution is -2.67. The van der Waals surface area contributed by atoms with Gasteiger partial charge in [-0.3, -0.25) is 24.8 Å². The Labute approximate surface area is 233 Å². The smallest absolute Gasteiger partial charge is 0.308 e. The summed E-state index contributed by atoms with van der Waals surface area (Å²) in [6, 6.07) is 26.5. The standard InChI is InChI=1S/C30H26N6O3S/c1-4-35-22-18-12-11-17-21(22)23(25(35)37)24-26(38)36-27(40-24)31-29(19-13-7-5-8-14-19)30(32-36,20-15-9-6-10-16-20)34(3)28(39)33(29)2/h5-18,32H,4H2,1-3H3/b24-23-. The first-order valence-corrected chi connectivity index (χ1v) is 13.9. The zero-order valence-electron chi connectivity index (χ0n) is 22.2. The molecule has 3 amide bonds. The van der Waals surface area contributed by atoms with Crippen molar-refractivity contribution in [2.75, 3.05) is 31.0 Å². The molecule has 1 saturated heterocycles. The zero-order valence-corrected chi connectivity index (χ0v) is 23.0. The molecule has 7 rings (SSSR count). The molecule has 0 aliphatic carbocycles. The number of likely N-dealkylation sites (N-methyl/N-ethyl adjacent to an activating group) is 3. The Bertz CT molecular complexity index is 1890. The molecule has 2 unspecified atom stereocenters. The van der Waals surface area contributed by atoms with E-state index in [4.69, 9.17) is 4.99 Å². The third kappa shape index (κ3) is 2.80. The molecule has 200 valence electrons. The summed E-state index contributed by atoms with van der Waals surface area (Å²) in [6.07, 6.45) is 0. The first kappa shape index (κ1) is 24.3. The molecule has 1 fully saturated rings. The quantitative estimate of drug-likeness (QED) is 0.424. The van der Waals surface area contributed by atoms with E-state index < -0.39 is 11.3 Å². The minimum atomic E-state index is -1.27. The molecule has 3 aliphatic heterocycles. The lowest BCUT2D eigenvalue weighted by atomic mass is 9.80. The van der Waals surface area contributed by atoms with Crippen molar-refractivity contribution in [3.8, 4) is 0 Å². The Kier molecular flexibility index (Phi) is 5.11. The summed E-state index contributed by atoms with van der Waals surface area (Å²) in [7, 11) is 3.45. The summed E-state index contributed by atoms with van der Waals surface area (Å²) in [6.45, 7) is 2.40. The number of thiazole rings is 1. The molecule has 2 atom stereocenters. The van der Waals surface area contributed by atoms with E-state index in [1.165, 1.54) is 4.68 Å². The van der Waals surface area contributed by atoms with Gasteiger partial charge in [0.05, 0.1) is 11.3 Å². The number of hydrogen-bond donors (Lipinski definition) is 1. The van der Waals surface area contributed by atoms with E-state index in [0.717, 1.165) is 33.7 Å². The van der Waals surface area contributed by atoms with Gasteiger partial charge in [-0.15, -0.1) is 0 Å². The van der Waals surface area contributed by atoms with Crippen LogP contribution in [0.15, 0.2) is 94.7 Å². The van der Waals surface area contributed by atoms with Crippen molar-refractivity contribution in [3.05, 3.63) is 121 Å². The number of rotatable bonds is 3. The molecule has 0 saturated carbocycles. The number of nitrogens with zero attached hydrogens (tertiary/aromatic N) is 5. The molecule has 0 radical (unpaired) electrons. The van der Waals surface area contributed by atoms with Crippen LogP contribution in [0.3, 0.4) is 0 Å². The summed E-state index contributed by atoms with van der Waals surface area (Å²) in [5.74, 6) is -0.208. The zero-order chi connectivity index (χ0) is 27.8. The second kappa shape index (κ2) is 8.40. The van der Waals surface area contributed by atoms with Crippen molar-refractivity contribution >= 4 is 34.5 Å². The lowest BCUT2D eigenvalue weighted by Gasteiger charge is -2.49. The number of carbonyl (C=O) groups is 2. The highest BCUT2D eigenvalue weighted by Gasteiger charge is 2.69. The van der Waals surface area contributed by atoms with E-state index in [9.17, 15) is 14.4 Å². The molecule has 0 bridgehead atoms. The maximum absolute atomic E-state index is 14.2. The normalized spacial score (nSPS) is 24.4. The molecule has 1 aromatic heterocycles. The third-order valence-electron chi connectivity index (χ3n) is 8.21. The average molecular weight is 551 g/mol. The number of amides is 3. The van der Waals surface area contributed by atoms with Crippen LogP contribution in [0.1, 0.15) is 23.6 Å². The number of aromatic nitrogens is 1. The second-order valence-electron chi connectivity index (χ2n) is 10.0. The molecule has 1 N–H and O–H groups in total. The number of anilines is 1. The van der Waals surface area contributed by atoms with Crippen molar-refractivity contribution in [3.63, 3.8) is 0 Å². The molecule has 40 heavy (non-hydrogen) atoms. The first-order chi connectivity index (χ1) is 19.4. The van der Waals surface area contributed by atoms with E-state index >= 15 is 0 Å². The molecule has 3 aliphatic rings. The number of hydrogen-bond acceptors (Lipinski definition) is 6. The van der Waals surface area contributed by atoms with Gasteiger partial charge in [-0.2, -0.15) is 4.68 Å². The Morgan fingerprint density at radius 1 is 0.825 bits per heavy atom. The van der Waals surface area contributed by atoms with Gasteiger partial charge in [-0.1, -0.05) is 90.2 Å². The molecular weight excluding hydrogens is 524 g/mol. The Balaban J connectivity index is 1.61. The van der Waals surface area contributed by atoms with E-state index in [1.807, 2.05) is 91.9 Å². The van der Waals surface area contributed by atoms with Crippen LogP contribution in [0, 0.1) is 0 Å². The number of urea groups is 1. The summed E-state index contributed by atoms with van der Waals surface area (Å²) in [5, 5.41) is 0. The number of nitrogens with one attached hydrogen (secondary N) is 1. The minimum absolute atomic E-state index is 0.208. The van der Waals surface area contributed by atoms with Crippen molar-refractivity contribution in [2.24, 2.45) is 4.99 Å². The number of carbonyl (C=O) groups excluding carboxylic acids is 2. The Hall–Kier alpha value is -4.70. The van der Waals surface area contributed by atoms with Gasteiger partial charge >= 0.3 is 6.03 Å². The van der Waals surface area contributed by atoms with Gasteiger partial charge < -0.3 is 4.90 Å². The largest absolute Gasteiger partial charge is 0.324 e. The highest BCUT2D eigenvalue weighted by molar-refractivity contribution is 7.07. The van der Waals surface area contributed by atoms with Gasteiger partial charge in [0.15, 0.2) is 0 Å². The van der Waals surface area contributed by atoms with Crippen molar-refractivity contribution < 1.29 is 9.59 Å². The molecule has 0 spiro atoms. The van der Waals surface area contributed by atoms with Crippen molar-refractivity contribution in [1.82, 2.24) is 14.5 Å². The van der Waals surface area contributed by atoms with Crippen molar-refractivity contribution in [1.29, 1.82) is 0 Å². The van der Waals surface area contributed by atoms with Gasteiger partial charge in [-0.05, 0) is 13.0 Å². The number of para-hydroxylation sites is 1. The van der Waals surface area contributed by atoms with Gasteiger partial charge in [0, 0.05) is 37.3 Å². The second-order valence-corrected chi connectivity index (χ2v) is 11.0. The van der Waals surface area contributed by atoms with Crippen LogP contribution in [0.4, 0.5) is 10.5 Å². The fraction of sp³-hybridized carbons (Fsp3) is 0.200.